The molecular formula is C44H47F3N6O4. The van der Waals surface area contributed by atoms with Crippen LogP contribution in [0.4, 0.5) is 19.0 Å². The molecule has 298 valence electrons. The summed E-state index contributed by atoms with van der Waals surface area (Å²) >= 11 is 0. The molecule has 9 rings (SSSR count). The number of pyridine rings is 2. The molecule has 4 fully saturated rings. The van der Waals surface area contributed by atoms with Gasteiger partial charge in [0.2, 0.25) is 5.56 Å². The highest BCUT2D eigenvalue weighted by Crippen LogP contribution is 2.50. The normalized spacial score (nSPS) is 25.1. The van der Waals surface area contributed by atoms with E-state index in [1.807, 2.05) is 20.8 Å². The van der Waals surface area contributed by atoms with Crippen molar-refractivity contribution < 1.29 is 27.4 Å². The van der Waals surface area contributed by atoms with E-state index in [4.69, 9.17) is 14.5 Å². The molecule has 0 amide bonds. The lowest BCUT2D eigenvalue weighted by molar-refractivity contribution is -0.156. The minimum atomic E-state index is -1.22. The third kappa shape index (κ3) is 6.51. The Balaban J connectivity index is 1.10. The highest BCUT2D eigenvalue weighted by atomic mass is 19.2. The Labute approximate surface area is 328 Å². The Morgan fingerprint density at radius 2 is 1.74 bits per heavy atom. The standard InChI is InChI=1S/C44H47F3N6O4/c1-23(2)42(55)57-25(4)34-28-10-11-29(34)21-52(20-28)41-30-19-48-40(39-35-27(18-33(54)49-39)12-13-31(45)36(35)46)37(47)38(30)50-43(51-41)56-22-44-15-5-17-53(44)32(14-16-44)26-8-6-24(3)7-9-26/h6-9,12-13,18-19,23,25,28-29,32,34H,5,10-11,14-17,20-22H2,1-4H3,(H,49,54). The monoisotopic (exact) mass is 780 g/mol. The molecule has 13 heteroatoms. The summed E-state index contributed by atoms with van der Waals surface area (Å²) in [5.74, 6) is -2.68. The van der Waals surface area contributed by atoms with Gasteiger partial charge in [-0.1, -0.05) is 49.7 Å². The Bertz CT molecular complexity index is 2430. The van der Waals surface area contributed by atoms with Gasteiger partial charge in [0.15, 0.2) is 17.5 Å². The molecule has 6 heterocycles. The Morgan fingerprint density at radius 3 is 2.47 bits per heavy atom. The number of rotatable bonds is 9. The van der Waals surface area contributed by atoms with Crippen molar-refractivity contribution in [3.05, 3.63) is 87.6 Å². The number of hydrogen-bond acceptors (Lipinski definition) is 9. The molecule has 0 spiro atoms. The number of aryl methyl sites for hydroxylation is 1. The van der Waals surface area contributed by atoms with Crippen molar-refractivity contribution >= 4 is 33.5 Å². The summed E-state index contributed by atoms with van der Waals surface area (Å²) in [6, 6.07) is 12.3. The number of carbonyl (C=O) groups is 1. The first kappa shape index (κ1) is 37.5. The number of nitrogens with zero attached hydrogens (tertiary/aromatic N) is 5. The van der Waals surface area contributed by atoms with Crippen molar-refractivity contribution in [3.8, 4) is 17.4 Å². The third-order valence-corrected chi connectivity index (χ3v) is 13.2. The molecular weight excluding hydrogens is 734 g/mol. The maximum absolute atomic E-state index is 17.1. The summed E-state index contributed by atoms with van der Waals surface area (Å²) in [4.78, 5) is 46.5. The second-order valence-electron chi connectivity index (χ2n) is 17.0. The molecule has 2 aromatic carbocycles. The van der Waals surface area contributed by atoms with Gasteiger partial charge >= 0.3 is 12.0 Å². The molecule has 4 aliphatic rings. The Hall–Kier alpha value is -5.04. The molecule has 1 saturated carbocycles. The fraction of sp³-hybridized carbons (Fsp3) is 0.477. The van der Waals surface area contributed by atoms with Crippen molar-refractivity contribution in [2.24, 2.45) is 23.7 Å². The second kappa shape index (κ2) is 14.4. The first-order valence-corrected chi connectivity index (χ1v) is 20.2. The summed E-state index contributed by atoms with van der Waals surface area (Å²) in [5.41, 5.74) is 0.882. The van der Waals surface area contributed by atoms with Gasteiger partial charge < -0.3 is 19.4 Å². The summed E-state index contributed by atoms with van der Waals surface area (Å²) in [7, 11) is 0. The number of nitrogens with one attached hydrogen (secondary N) is 1. The van der Waals surface area contributed by atoms with Crippen LogP contribution < -0.4 is 15.2 Å². The number of carbonyl (C=O) groups excluding carboxylic acids is 1. The predicted octanol–water partition coefficient (Wildman–Crippen LogP) is 8.06. The van der Waals surface area contributed by atoms with Gasteiger partial charge in [0.25, 0.3) is 0 Å². The summed E-state index contributed by atoms with van der Waals surface area (Å²) < 4.78 is 59.4. The molecule has 3 saturated heterocycles. The van der Waals surface area contributed by atoms with E-state index in [1.165, 1.54) is 23.4 Å². The number of aromatic amines is 1. The third-order valence-electron chi connectivity index (χ3n) is 13.2. The molecule has 3 aromatic heterocycles. The SMILES string of the molecule is Cc1ccc(C2CCC3(COc4nc(N5CC6CCC(C5)C6C(C)OC(=O)C(C)C)c5cnc(-c6[nH]c(=O)cc7ccc(F)c(F)c67)c(F)c5n4)CCCN23)cc1. The predicted molar refractivity (Wildman–Crippen MR) is 210 cm³/mol. The lowest BCUT2D eigenvalue weighted by Gasteiger charge is -2.41. The van der Waals surface area contributed by atoms with Crippen LogP contribution in [0.15, 0.2) is 53.5 Å². The van der Waals surface area contributed by atoms with Crippen LogP contribution in [0.5, 0.6) is 6.01 Å². The lowest BCUT2D eigenvalue weighted by Crippen LogP contribution is -2.47. The first-order valence-electron chi connectivity index (χ1n) is 20.2. The zero-order chi connectivity index (χ0) is 39.7. The summed E-state index contributed by atoms with van der Waals surface area (Å²) in [5, 5.41) is 0.145. The van der Waals surface area contributed by atoms with Gasteiger partial charge in [-0.15, -0.1) is 0 Å². The Morgan fingerprint density at radius 1 is 0.982 bits per heavy atom. The zero-order valence-electron chi connectivity index (χ0n) is 32.7. The average molecular weight is 781 g/mol. The first-order chi connectivity index (χ1) is 27.4. The van der Waals surface area contributed by atoms with Crippen LogP contribution in [-0.4, -0.2) is 68.7 Å². The highest BCUT2D eigenvalue weighted by Gasteiger charge is 2.50. The minimum absolute atomic E-state index is 0.00546. The zero-order valence-corrected chi connectivity index (χ0v) is 32.7. The van der Waals surface area contributed by atoms with Crippen LogP contribution in [0.25, 0.3) is 33.1 Å². The topological polar surface area (TPSA) is 114 Å². The maximum atomic E-state index is 17.1. The van der Waals surface area contributed by atoms with Crippen molar-refractivity contribution in [3.63, 3.8) is 0 Å². The van der Waals surface area contributed by atoms with E-state index in [-0.39, 0.29) is 81.0 Å². The second-order valence-corrected chi connectivity index (χ2v) is 17.0. The number of piperidine rings is 1. The molecule has 57 heavy (non-hydrogen) atoms. The van der Waals surface area contributed by atoms with E-state index in [1.54, 1.807) is 0 Å². The van der Waals surface area contributed by atoms with Crippen molar-refractivity contribution in [1.82, 2.24) is 24.8 Å². The fourth-order valence-electron chi connectivity index (χ4n) is 10.4. The molecule has 2 bridgehead atoms. The molecule has 1 N–H and O–H groups in total. The number of anilines is 1. The largest absolute Gasteiger partial charge is 0.462 e. The van der Waals surface area contributed by atoms with Crippen LogP contribution in [0.2, 0.25) is 0 Å². The number of hydrogen-bond donors (Lipinski definition) is 1. The average Bonchev–Trinajstić information content (AvgIpc) is 3.85. The van der Waals surface area contributed by atoms with Gasteiger partial charge in [0.05, 0.1) is 22.5 Å². The fourth-order valence-corrected chi connectivity index (χ4v) is 10.4. The van der Waals surface area contributed by atoms with Gasteiger partial charge in [-0.25, -0.2) is 13.2 Å². The lowest BCUT2D eigenvalue weighted by atomic mass is 9.81. The van der Waals surface area contributed by atoms with E-state index < -0.39 is 23.0 Å². The van der Waals surface area contributed by atoms with Crippen molar-refractivity contribution in [2.45, 2.75) is 83.9 Å². The summed E-state index contributed by atoms with van der Waals surface area (Å²) in [6.07, 6.45) is 6.99. The summed E-state index contributed by atoms with van der Waals surface area (Å²) in [6.45, 7) is 10.2. The number of ether oxygens (including phenoxy) is 2. The Kier molecular flexibility index (Phi) is 9.49. The van der Waals surface area contributed by atoms with E-state index in [0.717, 1.165) is 57.2 Å². The number of H-pyrrole nitrogens is 1. The molecule has 0 radical (unpaired) electrons. The van der Waals surface area contributed by atoms with Gasteiger partial charge in [0.1, 0.15) is 29.7 Å². The van der Waals surface area contributed by atoms with Crippen molar-refractivity contribution in [2.75, 3.05) is 31.1 Å². The van der Waals surface area contributed by atoms with Crippen LogP contribution in [0.1, 0.15) is 76.5 Å². The smallest absolute Gasteiger partial charge is 0.319 e. The number of halogens is 3. The van der Waals surface area contributed by atoms with Crippen molar-refractivity contribution in [1.29, 1.82) is 0 Å². The van der Waals surface area contributed by atoms with E-state index >= 15 is 8.78 Å². The molecule has 5 unspecified atom stereocenters. The number of aromatic nitrogens is 4. The molecule has 10 nitrogen and oxygen atoms in total. The van der Waals surface area contributed by atoms with Gasteiger partial charge in [0, 0.05) is 42.7 Å². The molecule has 1 aliphatic carbocycles. The maximum Gasteiger partial charge on any atom is 0.319 e. The van der Waals surface area contributed by atoms with Crippen LogP contribution >= 0.6 is 0 Å². The van der Waals surface area contributed by atoms with E-state index in [9.17, 15) is 14.0 Å². The minimum Gasteiger partial charge on any atom is -0.462 e. The van der Waals surface area contributed by atoms with Crippen LogP contribution in [0, 0.1) is 48.0 Å². The number of benzene rings is 2. The van der Waals surface area contributed by atoms with Crippen LogP contribution in [-0.2, 0) is 9.53 Å². The molecule has 5 atom stereocenters. The number of esters is 1. The van der Waals surface area contributed by atoms with E-state index in [0.29, 0.717) is 30.9 Å². The van der Waals surface area contributed by atoms with Gasteiger partial charge in [-0.05, 0) is 87.8 Å². The number of fused-ring (bicyclic) bond motifs is 5. The van der Waals surface area contributed by atoms with Crippen LogP contribution in [0.3, 0.4) is 0 Å². The molecule has 5 aromatic rings. The van der Waals surface area contributed by atoms with Gasteiger partial charge in [-0.3, -0.25) is 19.5 Å². The molecule has 3 aliphatic heterocycles. The van der Waals surface area contributed by atoms with E-state index in [2.05, 4.69) is 55.9 Å². The highest BCUT2D eigenvalue weighted by molar-refractivity contribution is 5.97. The van der Waals surface area contributed by atoms with Gasteiger partial charge in [-0.2, -0.15) is 9.97 Å². The quantitative estimate of drug-likeness (QED) is 0.149.